The Hall–Kier alpha value is -1.49. The van der Waals surface area contributed by atoms with Crippen molar-refractivity contribution in [3.05, 3.63) is 35.4 Å². The number of hydrogen-bond acceptors (Lipinski definition) is 2. The van der Waals surface area contributed by atoms with Gasteiger partial charge in [-0.1, -0.05) is 13.8 Å². The van der Waals surface area contributed by atoms with Crippen molar-refractivity contribution in [1.82, 2.24) is 5.32 Å². The average Bonchev–Trinajstić information content (AvgIpc) is 3.20. The number of hydrogen-bond donors (Lipinski definition) is 2. The molecule has 0 heterocycles. The molecule has 1 aromatic carbocycles. The lowest BCUT2D eigenvalue weighted by molar-refractivity contribution is -0.123. The minimum atomic E-state index is -0.495. The molecule has 1 saturated carbocycles. The molecule has 0 bridgehead atoms. The maximum atomic E-state index is 13.7. The van der Waals surface area contributed by atoms with Crippen molar-refractivity contribution in [2.24, 2.45) is 11.8 Å². The second-order valence-corrected chi connectivity index (χ2v) is 6.13. The van der Waals surface area contributed by atoms with Crippen LogP contribution in [0.2, 0.25) is 0 Å². The fourth-order valence-electron chi connectivity index (χ4n) is 2.68. The highest BCUT2D eigenvalue weighted by Gasteiger charge is 2.45. The minimum Gasteiger partial charge on any atom is -0.394 e. The van der Waals surface area contributed by atoms with E-state index in [0.29, 0.717) is 18.8 Å². The van der Waals surface area contributed by atoms with Crippen molar-refractivity contribution in [3.63, 3.8) is 0 Å². The zero-order chi connectivity index (χ0) is 15.6. The van der Waals surface area contributed by atoms with Crippen LogP contribution in [0.15, 0.2) is 18.2 Å². The average molecular weight is 297 g/mol. The zero-order valence-electron chi connectivity index (χ0n) is 12.3. The summed E-state index contributed by atoms with van der Waals surface area (Å²) in [6.45, 7) is 3.91. The first kappa shape index (κ1) is 15.9. The van der Waals surface area contributed by atoms with Crippen molar-refractivity contribution in [1.29, 1.82) is 0 Å². The van der Waals surface area contributed by atoms with E-state index in [1.807, 2.05) is 13.8 Å². The zero-order valence-corrected chi connectivity index (χ0v) is 12.3. The molecule has 116 valence electrons. The first-order valence-corrected chi connectivity index (χ1v) is 7.28. The molecule has 1 fully saturated rings. The summed E-state index contributed by atoms with van der Waals surface area (Å²) >= 11 is 0. The van der Waals surface area contributed by atoms with E-state index in [0.717, 1.165) is 18.2 Å². The Morgan fingerprint density at radius 3 is 2.76 bits per heavy atom. The van der Waals surface area contributed by atoms with Gasteiger partial charge in [-0.15, -0.1) is 0 Å². The van der Waals surface area contributed by atoms with Crippen LogP contribution < -0.4 is 5.32 Å². The van der Waals surface area contributed by atoms with Crippen LogP contribution in [-0.2, 0) is 4.79 Å². The molecule has 0 radical (unpaired) electrons. The van der Waals surface area contributed by atoms with Crippen LogP contribution in [-0.4, -0.2) is 23.7 Å². The highest BCUT2D eigenvalue weighted by molar-refractivity contribution is 5.83. The maximum absolute atomic E-state index is 13.7. The standard InChI is InChI=1S/C16H21F2NO2/c1-9(2)5-11(8-20)19-16(21)14-7-12(14)13-6-10(17)3-4-15(13)18/h3-4,6,9,11-12,14,20H,5,7-8H2,1-2H3,(H,19,21). The van der Waals surface area contributed by atoms with Gasteiger partial charge in [0, 0.05) is 5.92 Å². The topological polar surface area (TPSA) is 49.3 Å². The smallest absolute Gasteiger partial charge is 0.224 e. The SMILES string of the molecule is CC(C)CC(CO)NC(=O)C1CC1c1cc(F)ccc1F. The third-order valence-corrected chi connectivity index (χ3v) is 3.81. The van der Waals surface area contributed by atoms with Gasteiger partial charge < -0.3 is 10.4 Å². The molecule has 0 aromatic heterocycles. The lowest BCUT2D eigenvalue weighted by Crippen LogP contribution is -2.39. The summed E-state index contributed by atoms with van der Waals surface area (Å²) in [6.07, 6.45) is 1.21. The van der Waals surface area contributed by atoms with Crippen molar-refractivity contribution in [2.75, 3.05) is 6.61 Å². The van der Waals surface area contributed by atoms with E-state index in [1.165, 1.54) is 0 Å². The first-order chi connectivity index (χ1) is 9.92. The highest BCUT2D eigenvalue weighted by Crippen LogP contribution is 2.48. The fourth-order valence-corrected chi connectivity index (χ4v) is 2.68. The van der Waals surface area contributed by atoms with Gasteiger partial charge in [-0.2, -0.15) is 0 Å². The molecule has 1 aliphatic carbocycles. The quantitative estimate of drug-likeness (QED) is 0.848. The Kier molecular flexibility index (Phi) is 4.93. The first-order valence-electron chi connectivity index (χ1n) is 7.28. The Balaban J connectivity index is 1.96. The number of amides is 1. The van der Waals surface area contributed by atoms with Gasteiger partial charge in [-0.3, -0.25) is 4.79 Å². The summed E-state index contributed by atoms with van der Waals surface area (Å²) in [5.41, 5.74) is 0.263. The van der Waals surface area contributed by atoms with Crippen molar-refractivity contribution < 1.29 is 18.7 Å². The molecule has 0 spiro atoms. The van der Waals surface area contributed by atoms with Crippen LogP contribution in [0.1, 0.15) is 38.2 Å². The van der Waals surface area contributed by atoms with E-state index in [2.05, 4.69) is 5.32 Å². The number of aliphatic hydroxyl groups is 1. The van der Waals surface area contributed by atoms with E-state index in [1.54, 1.807) is 0 Å². The van der Waals surface area contributed by atoms with Gasteiger partial charge in [0.2, 0.25) is 5.91 Å². The number of carbonyl (C=O) groups is 1. The van der Waals surface area contributed by atoms with Crippen molar-refractivity contribution in [3.8, 4) is 0 Å². The number of carbonyl (C=O) groups excluding carboxylic acids is 1. The minimum absolute atomic E-state index is 0.115. The Morgan fingerprint density at radius 2 is 2.14 bits per heavy atom. The van der Waals surface area contributed by atoms with Gasteiger partial charge >= 0.3 is 0 Å². The Labute approximate surface area is 123 Å². The Bertz CT molecular complexity index is 519. The predicted molar refractivity (Wildman–Crippen MR) is 75.7 cm³/mol. The molecule has 2 N–H and O–H groups in total. The van der Waals surface area contributed by atoms with Crippen molar-refractivity contribution >= 4 is 5.91 Å². The van der Waals surface area contributed by atoms with E-state index < -0.39 is 11.6 Å². The Morgan fingerprint density at radius 1 is 1.43 bits per heavy atom. The molecule has 0 saturated heterocycles. The van der Waals surface area contributed by atoms with Crippen LogP contribution in [0.5, 0.6) is 0 Å². The molecular formula is C16H21F2NO2. The molecule has 2 rings (SSSR count). The number of rotatable bonds is 6. The number of benzene rings is 1. The summed E-state index contributed by atoms with van der Waals surface area (Å²) in [5.74, 6) is -1.40. The van der Waals surface area contributed by atoms with Crippen molar-refractivity contribution in [2.45, 2.75) is 38.6 Å². The van der Waals surface area contributed by atoms with E-state index >= 15 is 0 Å². The summed E-state index contributed by atoms with van der Waals surface area (Å²) in [7, 11) is 0. The van der Waals surface area contributed by atoms with E-state index in [-0.39, 0.29) is 36.0 Å². The van der Waals surface area contributed by atoms with Crippen LogP contribution in [0, 0.1) is 23.5 Å². The molecule has 0 aliphatic heterocycles. The van der Waals surface area contributed by atoms with Gasteiger partial charge in [0.15, 0.2) is 0 Å². The lowest BCUT2D eigenvalue weighted by Gasteiger charge is -2.18. The molecule has 1 aromatic rings. The normalized spacial score (nSPS) is 22.2. The van der Waals surface area contributed by atoms with E-state index in [9.17, 15) is 18.7 Å². The van der Waals surface area contributed by atoms with Crippen LogP contribution in [0.25, 0.3) is 0 Å². The molecule has 3 unspecified atom stereocenters. The second-order valence-electron chi connectivity index (χ2n) is 6.13. The third-order valence-electron chi connectivity index (χ3n) is 3.81. The number of halogens is 2. The molecule has 3 nitrogen and oxygen atoms in total. The van der Waals surface area contributed by atoms with Crippen LogP contribution in [0.4, 0.5) is 8.78 Å². The summed E-state index contributed by atoms with van der Waals surface area (Å²) in [5, 5.41) is 12.1. The maximum Gasteiger partial charge on any atom is 0.224 e. The largest absolute Gasteiger partial charge is 0.394 e. The van der Waals surface area contributed by atoms with Gasteiger partial charge in [-0.25, -0.2) is 8.78 Å². The third kappa shape index (κ3) is 4.00. The fraction of sp³-hybridized carbons (Fsp3) is 0.562. The van der Waals surface area contributed by atoms with E-state index in [4.69, 9.17) is 0 Å². The molecule has 1 aliphatic rings. The predicted octanol–water partition coefficient (Wildman–Crippen LogP) is 2.59. The van der Waals surface area contributed by atoms with Crippen LogP contribution in [0.3, 0.4) is 0 Å². The van der Waals surface area contributed by atoms with Gasteiger partial charge in [0.05, 0.1) is 12.6 Å². The monoisotopic (exact) mass is 297 g/mol. The lowest BCUT2D eigenvalue weighted by atomic mass is 10.0. The molecule has 5 heteroatoms. The summed E-state index contributed by atoms with van der Waals surface area (Å²) in [6, 6.07) is 3.04. The van der Waals surface area contributed by atoms with Crippen LogP contribution >= 0.6 is 0 Å². The number of nitrogens with one attached hydrogen (secondary N) is 1. The molecule has 3 atom stereocenters. The second kappa shape index (κ2) is 6.52. The molecular weight excluding hydrogens is 276 g/mol. The summed E-state index contributed by atoms with van der Waals surface area (Å²) in [4.78, 5) is 12.1. The van der Waals surface area contributed by atoms with Gasteiger partial charge in [0.1, 0.15) is 11.6 Å². The highest BCUT2D eigenvalue weighted by atomic mass is 19.1. The summed E-state index contributed by atoms with van der Waals surface area (Å²) < 4.78 is 26.8. The number of aliphatic hydroxyl groups excluding tert-OH is 1. The molecule has 1 amide bonds. The molecule has 21 heavy (non-hydrogen) atoms. The van der Waals surface area contributed by atoms with Gasteiger partial charge in [0.25, 0.3) is 0 Å². The van der Waals surface area contributed by atoms with Gasteiger partial charge in [-0.05, 0) is 48.4 Å².